The lowest BCUT2D eigenvalue weighted by molar-refractivity contribution is -0.128. The van der Waals surface area contributed by atoms with Crippen molar-refractivity contribution >= 4 is 17.8 Å². The number of aryl methyl sites for hydroxylation is 1. The fourth-order valence-electron chi connectivity index (χ4n) is 2.24. The Bertz CT molecular complexity index is 581. The smallest absolute Gasteiger partial charge is 0.325 e. The first-order chi connectivity index (χ1) is 9.97. The first kappa shape index (κ1) is 15.0. The van der Waals surface area contributed by atoms with E-state index >= 15 is 0 Å². The molecule has 0 spiro atoms. The van der Waals surface area contributed by atoms with Crippen LogP contribution in [0.3, 0.4) is 0 Å². The number of amides is 4. The number of nitrogens with zero attached hydrogens (tertiary/aromatic N) is 1. The van der Waals surface area contributed by atoms with Gasteiger partial charge in [0, 0.05) is 5.56 Å². The van der Waals surface area contributed by atoms with Crippen LogP contribution in [0.1, 0.15) is 41.6 Å². The predicted octanol–water partition coefficient (Wildman–Crippen LogP) is 0.412. The van der Waals surface area contributed by atoms with E-state index in [4.69, 9.17) is 10.3 Å². The molecule has 0 aliphatic carbocycles. The number of imide groups is 1. The maximum atomic E-state index is 12.1. The average Bonchev–Trinajstić information content (AvgIpc) is 2.94. The number of nitrogens with two attached hydrogens (primary N) is 1. The Morgan fingerprint density at radius 1 is 1.52 bits per heavy atom. The molecule has 21 heavy (non-hydrogen) atoms. The molecule has 8 nitrogen and oxygen atoms in total. The van der Waals surface area contributed by atoms with Gasteiger partial charge in [-0.15, -0.1) is 0 Å². The summed E-state index contributed by atoms with van der Waals surface area (Å²) >= 11 is 0. The molecule has 1 aliphatic rings. The van der Waals surface area contributed by atoms with Crippen LogP contribution < -0.4 is 16.6 Å². The van der Waals surface area contributed by atoms with Crippen LogP contribution in [0.5, 0.6) is 0 Å². The van der Waals surface area contributed by atoms with Crippen LogP contribution in [0.25, 0.3) is 0 Å². The third-order valence-corrected chi connectivity index (χ3v) is 3.39. The summed E-state index contributed by atoms with van der Waals surface area (Å²) in [6.07, 6.45) is 1.41. The quantitative estimate of drug-likeness (QED) is 0.315. The Balaban J connectivity index is 2.15. The van der Waals surface area contributed by atoms with Crippen molar-refractivity contribution in [1.29, 1.82) is 0 Å². The summed E-state index contributed by atoms with van der Waals surface area (Å²) in [5.41, 5.74) is 2.56. The highest BCUT2D eigenvalue weighted by atomic mass is 16.4. The van der Waals surface area contributed by atoms with E-state index < -0.39 is 18.0 Å². The second-order valence-electron chi connectivity index (χ2n) is 4.88. The van der Waals surface area contributed by atoms with Crippen LogP contribution in [0, 0.1) is 6.92 Å². The molecule has 4 amide bonds. The summed E-state index contributed by atoms with van der Waals surface area (Å²) in [5.74, 6) is 4.72. The van der Waals surface area contributed by atoms with Gasteiger partial charge < -0.3 is 9.73 Å². The van der Waals surface area contributed by atoms with Crippen LogP contribution in [-0.4, -0.2) is 28.8 Å². The van der Waals surface area contributed by atoms with Gasteiger partial charge in [0.1, 0.15) is 11.8 Å². The van der Waals surface area contributed by atoms with Gasteiger partial charge in [0.25, 0.3) is 5.91 Å². The molecule has 114 valence electrons. The van der Waals surface area contributed by atoms with E-state index in [-0.39, 0.29) is 18.2 Å². The summed E-state index contributed by atoms with van der Waals surface area (Å²) in [4.78, 5) is 36.5. The standard InChI is InChI=1S/C13H18N4O4/c1-3-4-9-12(19)17(13(20)15-9)6-8-5-10(11(18)16-14)21-7(8)2/h5,9H,3-4,6,14H2,1-2H3,(H,15,20)(H,16,18). The van der Waals surface area contributed by atoms with Crippen molar-refractivity contribution < 1.29 is 18.8 Å². The van der Waals surface area contributed by atoms with Crippen molar-refractivity contribution in [2.45, 2.75) is 39.3 Å². The maximum absolute atomic E-state index is 12.1. The minimum Gasteiger partial charge on any atom is -0.456 e. The number of carbonyl (C=O) groups is 3. The second-order valence-corrected chi connectivity index (χ2v) is 4.88. The molecule has 1 atom stereocenters. The number of hydrazine groups is 1. The molecule has 1 unspecified atom stereocenters. The largest absolute Gasteiger partial charge is 0.456 e. The van der Waals surface area contributed by atoms with Gasteiger partial charge in [-0.1, -0.05) is 13.3 Å². The Hall–Kier alpha value is -2.35. The SMILES string of the molecule is CCCC1NC(=O)N(Cc2cc(C(=O)NN)oc2C)C1=O. The van der Waals surface area contributed by atoms with Crippen molar-refractivity contribution in [2.24, 2.45) is 5.84 Å². The van der Waals surface area contributed by atoms with Gasteiger partial charge in [0.05, 0.1) is 6.54 Å². The lowest BCUT2D eigenvalue weighted by atomic mass is 10.1. The van der Waals surface area contributed by atoms with E-state index in [1.807, 2.05) is 12.3 Å². The number of rotatable bonds is 5. The number of urea groups is 1. The zero-order valence-corrected chi connectivity index (χ0v) is 11.9. The molecule has 1 aromatic rings. The molecule has 4 N–H and O–H groups in total. The monoisotopic (exact) mass is 294 g/mol. The molecule has 0 aromatic carbocycles. The predicted molar refractivity (Wildman–Crippen MR) is 72.9 cm³/mol. The molecule has 1 aliphatic heterocycles. The first-order valence-electron chi connectivity index (χ1n) is 6.70. The highest BCUT2D eigenvalue weighted by molar-refractivity contribution is 6.04. The van der Waals surface area contributed by atoms with E-state index in [2.05, 4.69) is 5.32 Å². The number of hydrogen-bond donors (Lipinski definition) is 3. The number of hydrogen-bond acceptors (Lipinski definition) is 5. The number of nitrogens with one attached hydrogen (secondary N) is 2. The number of nitrogen functional groups attached to an aromatic ring is 1. The van der Waals surface area contributed by atoms with Gasteiger partial charge in [0.2, 0.25) is 0 Å². The Morgan fingerprint density at radius 2 is 2.24 bits per heavy atom. The second kappa shape index (κ2) is 5.96. The van der Waals surface area contributed by atoms with Gasteiger partial charge in [-0.25, -0.2) is 10.6 Å². The van der Waals surface area contributed by atoms with E-state index in [9.17, 15) is 14.4 Å². The van der Waals surface area contributed by atoms with E-state index in [1.165, 1.54) is 6.07 Å². The fraction of sp³-hybridized carbons (Fsp3) is 0.462. The molecule has 0 bridgehead atoms. The molecule has 0 saturated carbocycles. The third kappa shape index (κ3) is 2.89. The third-order valence-electron chi connectivity index (χ3n) is 3.39. The van der Waals surface area contributed by atoms with Gasteiger partial charge in [-0.3, -0.25) is 19.9 Å². The summed E-state index contributed by atoms with van der Waals surface area (Å²) in [7, 11) is 0. The van der Waals surface area contributed by atoms with Crippen molar-refractivity contribution in [3.63, 3.8) is 0 Å². The molecule has 1 aromatic heterocycles. The first-order valence-corrected chi connectivity index (χ1v) is 6.70. The highest BCUT2D eigenvalue weighted by Crippen LogP contribution is 2.20. The van der Waals surface area contributed by atoms with Crippen LogP contribution in [0.2, 0.25) is 0 Å². The van der Waals surface area contributed by atoms with E-state index in [0.29, 0.717) is 17.7 Å². The zero-order valence-electron chi connectivity index (χ0n) is 11.9. The normalized spacial score (nSPS) is 18.0. The molecule has 1 saturated heterocycles. The minimum atomic E-state index is -0.564. The average molecular weight is 294 g/mol. The summed E-state index contributed by atoms with van der Waals surface area (Å²) in [6, 6.07) is 0.580. The molecule has 2 heterocycles. The van der Waals surface area contributed by atoms with Crippen LogP contribution in [0.4, 0.5) is 4.79 Å². The van der Waals surface area contributed by atoms with Crippen molar-refractivity contribution in [1.82, 2.24) is 15.6 Å². The topological polar surface area (TPSA) is 118 Å². The van der Waals surface area contributed by atoms with Crippen molar-refractivity contribution in [3.8, 4) is 0 Å². The Morgan fingerprint density at radius 3 is 2.86 bits per heavy atom. The zero-order chi connectivity index (χ0) is 15.6. The van der Waals surface area contributed by atoms with Crippen molar-refractivity contribution in [2.75, 3.05) is 0 Å². The fourth-order valence-corrected chi connectivity index (χ4v) is 2.24. The molecule has 1 fully saturated rings. The van der Waals surface area contributed by atoms with Gasteiger partial charge in [0.15, 0.2) is 5.76 Å². The Kier molecular flexibility index (Phi) is 4.27. The molecule has 0 radical (unpaired) electrons. The van der Waals surface area contributed by atoms with Crippen LogP contribution in [-0.2, 0) is 11.3 Å². The number of furan rings is 1. The molecule has 2 rings (SSSR count). The Labute approximate surface area is 121 Å². The highest BCUT2D eigenvalue weighted by Gasteiger charge is 2.37. The molecular formula is C13H18N4O4. The summed E-state index contributed by atoms with van der Waals surface area (Å²) < 4.78 is 5.26. The summed E-state index contributed by atoms with van der Waals surface area (Å²) in [6.45, 7) is 3.67. The lowest BCUT2D eigenvalue weighted by Crippen LogP contribution is -2.31. The summed E-state index contributed by atoms with van der Waals surface area (Å²) in [5, 5.41) is 2.64. The molecular weight excluding hydrogens is 276 g/mol. The van der Waals surface area contributed by atoms with Crippen molar-refractivity contribution in [3.05, 3.63) is 23.2 Å². The van der Waals surface area contributed by atoms with Gasteiger partial charge >= 0.3 is 11.9 Å². The van der Waals surface area contributed by atoms with E-state index in [1.54, 1.807) is 6.92 Å². The minimum absolute atomic E-state index is 0.0437. The van der Waals surface area contributed by atoms with Gasteiger partial charge in [-0.05, 0) is 19.4 Å². The van der Waals surface area contributed by atoms with Gasteiger partial charge in [-0.2, -0.15) is 0 Å². The maximum Gasteiger partial charge on any atom is 0.325 e. The number of carbonyl (C=O) groups excluding carboxylic acids is 3. The van der Waals surface area contributed by atoms with E-state index in [0.717, 1.165) is 11.3 Å². The van der Waals surface area contributed by atoms with Crippen LogP contribution >= 0.6 is 0 Å². The van der Waals surface area contributed by atoms with Crippen LogP contribution in [0.15, 0.2) is 10.5 Å². The molecule has 8 heteroatoms. The lowest BCUT2D eigenvalue weighted by Gasteiger charge is -2.12.